The highest BCUT2D eigenvalue weighted by molar-refractivity contribution is 5.79. The molecule has 0 spiro atoms. The molecule has 0 aliphatic carbocycles. The van der Waals surface area contributed by atoms with Gasteiger partial charge >= 0.3 is 0 Å². The Kier molecular flexibility index (Phi) is 4.59. The van der Waals surface area contributed by atoms with Crippen LogP contribution in [-0.2, 0) is 16.0 Å². The molecule has 0 aromatic heterocycles. The third-order valence-electron chi connectivity index (χ3n) is 3.65. The zero-order valence-corrected chi connectivity index (χ0v) is 12.1. The second-order valence-corrected chi connectivity index (χ2v) is 5.48. The molecule has 19 heavy (non-hydrogen) atoms. The van der Waals surface area contributed by atoms with Gasteiger partial charge < -0.3 is 9.64 Å². The zero-order valence-electron chi connectivity index (χ0n) is 12.1. The van der Waals surface area contributed by atoms with Crippen molar-refractivity contribution in [3.8, 4) is 0 Å². The number of ether oxygens (including phenoxy) is 1. The van der Waals surface area contributed by atoms with Crippen molar-refractivity contribution in [2.75, 3.05) is 19.7 Å². The molecule has 0 N–H and O–H groups in total. The highest BCUT2D eigenvalue weighted by atomic mass is 16.5. The van der Waals surface area contributed by atoms with Gasteiger partial charge in [0.1, 0.15) is 0 Å². The third-order valence-corrected chi connectivity index (χ3v) is 3.65. The fourth-order valence-electron chi connectivity index (χ4n) is 2.49. The van der Waals surface area contributed by atoms with E-state index in [0.717, 1.165) is 25.1 Å². The third kappa shape index (κ3) is 3.80. The molecule has 2 rings (SSSR count). The van der Waals surface area contributed by atoms with Gasteiger partial charge in [0.05, 0.1) is 12.5 Å². The topological polar surface area (TPSA) is 29.5 Å². The molecule has 104 valence electrons. The van der Waals surface area contributed by atoms with Crippen LogP contribution in [0.15, 0.2) is 18.2 Å². The Balaban J connectivity index is 2.05. The van der Waals surface area contributed by atoms with Crippen LogP contribution in [0.5, 0.6) is 0 Å². The van der Waals surface area contributed by atoms with Gasteiger partial charge in [-0.25, -0.2) is 0 Å². The summed E-state index contributed by atoms with van der Waals surface area (Å²) in [5, 5.41) is 0. The lowest BCUT2D eigenvalue weighted by atomic mass is 10.0. The molecule has 1 aliphatic rings. The number of benzene rings is 1. The first-order chi connectivity index (χ1) is 9.06. The first-order valence-corrected chi connectivity index (χ1v) is 7.02. The molecule has 3 heteroatoms. The molecule has 3 nitrogen and oxygen atoms in total. The van der Waals surface area contributed by atoms with E-state index in [1.165, 1.54) is 11.1 Å². The first kappa shape index (κ1) is 14.1. The maximum atomic E-state index is 12.4. The van der Waals surface area contributed by atoms with E-state index in [9.17, 15) is 4.79 Å². The molecule has 0 saturated carbocycles. The van der Waals surface area contributed by atoms with Gasteiger partial charge in [0.25, 0.3) is 0 Å². The van der Waals surface area contributed by atoms with E-state index < -0.39 is 0 Å². The molecule has 1 fully saturated rings. The second kappa shape index (κ2) is 6.20. The Morgan fingerprint density at radius 3 is 3.00 bits per heavy atom. The van der Waals surface area contributed by atoms with Gasteiger partial charge in [-0.15, -0.1) is 0 Å². The van der Waals surface area contributed by atoms with E-state index in [-0.39, 0.29) is 12.0 Å². The van der Waals surface area contributed by atoms with Crippen LogP contribution in [0.1, 0.15) is 30.0 Å². The van der Waals surface area contributed by atoms with Gasteiger partial charge in [0, 0.05) is 19.7 Å². The SMILES string of the molecule is Cc1ccc(C)c(CC(=O)N2CCCO[C@H](C)C2)c1. The van der Waals surface area contributed by atoms with Crippen LogP contribution < -0.4 is 0 Å². The fraction of sp³-hybridized carbons (Fsp3) is 0.562. The smallest absolute Gasteiger partial charge is 0.227 e. The van der Waals surface area contributed by atoms with Gasteiger partial charge in [0.15, 0.2) is 0 Å². The summed E-state index contributed by atoms with van der Waals surface area (Å²) in [7, 11) is 0. The standard InChI is InChI=1S/C16H23NO2/c1-12-5-6-13(2)15(9-12)10-16(18)17-7-4-8-19-14(3)11-17/h5-6,9,14H,4,7-8,10-11H2,1-3H3/t14-/m1/s1. The number of hydrogen-bond donors (Lipinski definition) is 0. The molecule has 1 atom stereocenters. The number of carbonyl (C=O) groups is 1. The highest BCUT2D eigenvalue weighted by Crippen LogP contribution is 2.14. The van der Waals surface area contributed by atoms with E-state index >= 15 is 0 Å². The number of aryl methyl sites for hydroxylation is 2. The lowest BCUT2D eigenvalue weighted by Crippen LogP contribution is -2.37. The number of carbonyl (C=O) groups excluding carboxylic acids is 1. The normalized spacial score (nSPS) is 20.2. The van der Waals surface area contributed by atoms with E-state index in [0.29, 0.717) is 13.0 Å². The van der Waals surface area contributed by atoms with Crippen LogP contribution in [0.3, 0.4) is 0 Å². The molecular formula is C16H23NO2. The van der Waals surface area contributed by atoms with Crippen LogP contribution in [0.4, 0.5) is 0 Å². The number of hydrogen-bond acceptors (Lipinski definition) is 2. The molecule has 1 saturated heterocycles. The molecule has 1 aromatic carbocycles. The Morgan fingerprint density at radius 2 is 2.21 bits per heavy atom. The van der Waals surface area contributed by atoms with Crippen LogP contribution in [0, 0.1) is 13.8 Å². The summed E-state index contributed by atoms with van der Waals surface area (Å²) < 4.78 is 5.58. The second-order valence-electron chi connectivity index (χ2n) is 5.48. The minimum absolute atomic E-state index is 0.144. The Hall–Kier alpha value is -1.35. The molecule has 0 bridgehead atoms. The molecule has 0 unspecified atom stereocenters. The van der Waals surface area contributed by atoms with Gasteiger partial charge in [-0.3, -0.25) is 4.79 Å². The van der Waals surface area contributed by atoms with Crippen LogP contribution in [-0.4, -0.2) is 36.6 Å². The van der Waals surface area contributed by atoms with E-state index in [2.05, 4.69) is 32.0 Å². The van der Waals surface area contributed by atoms with E-state index in [1.54, 1.807) is 0 Å². The van der Waals surface area contributed by atoms with Crippen molar-refractivity contribution in [2.24, 2.45) is 0 Å². The highest BCUT2D eigenvalue weighted by Gasteiger charge is 2.20. The van der Waals surface area contributed by atoms with Crippen LogP contribution >= 0.6 is 0 Å². The summed E-state index contributed by atoms with van der Waals surface area (Å²) >= 11 is 0. The lowest BCUT2D eigenvalue weighted by molar-refractivity contribution is -0.131. The minimum Gasteiger partial charge on any atom is -0.377 e. The molecule has 1 aromatic rings. The predicted molar refractivity (Wildman–Crippen MR) is 76.2 cm³/mol. The predicted octanol–water partition coefficient (Wildman–Crippen LogP) is 2.48. The monoisotopic (exact) mass is 261 g/mol. The van der Waals surface area contributed by atoms with Gasteiger partial charge in [-0.1, -0.05) is 23.8 Å². The van der Waals surface area contributed by atoms with Gasteiger partial charge in [0.2, 0.25) is 5.91 Å². The van der Waals surface area contributed by atoms with Crippen molar-refractivity contribution < 1.29 is 9.53 Å². The average molecular weight is 261 g/mol. The summed E-state index contributed by atoms with van der Waals surface area (Å²) in [5.41, 5.74) is 3.54. The zero-order chi connectivity index (χ0) is 13.8. The van der Waals surface area contributed by atoms with Crippen molar-refractivity contribution in [1.82, 2.24) is 4.90 Å². The van der Waals surface area contributed by atoms with E-state index in [1.807, 2.05) is 11.8 Å². The maximum Gasteiger partial charge on any atom is 0.227 e. The summed E-state index contributed by atoms with van der Waals surface area (Å²) in [6.07, 6.45) is 1.58. The Labute approximate surface area is 115 Å². The van der Waals surface area contributed by atoms with Crippen molar-refractivity contribution in [3.63, 3.8) is 0 Å². The van der Waals surface area contributed by atoms with Crippen molar-refractivity contribution in [1.29, 1.82) is 0 Å². The van der Waals surface area contributed by atoms with Crippen molar-refractivity contribution >= 4 is 5.91 Å². The Morgan fingerprint density at radius 1 is 1.42 bits per heavy atom. The quantitative estimate of drug-likeness (QED) is 0.818. The molecule has 1 heterocycles. The molecule has 0 radical (unpaired) electrons. The summed E-state index contributed by atoms with van der Waals surface area (Å²) in [4.78, 5) is 14.3. The summed E-state index contributed by atoms with van der Waals surface area (Å²) in [6, 6.07) is 6.29. The lowest BCUT2D eigenvalue weighted by Gasteiger charge is -2.22. The Bertz CT molecular complexity index is 456. The first-order valence-electron chi connectivity index (χ1n) is 7.02. The minimum atomic E-state index is 0.144. The number of amides is 1. The van der Waals surface area contributed by atoms with E-state index in [4.69, 9.17) is 4.74 Å². The van der Waals surface area contributed by atoms with Crippen LogP contribution in [0.2, 0.25) is 0 Å². The summed E-state index contributed by atoms with van der Waals surface area (Å²) in [5.74, 6) is 0.214. The largest absolute Gasteiger partial charge is 0.377 e. The fourth-order valence-corrected chi connectivity index (χ4v) is 2.49. The van der Waals surface area contributed by atoms with Crippen molar-refractivity contribution in [2.45, 2.75) is 39.7 Å². The van der Waals surface area contributed by atoms with Gasteiger partial charge in [-0.2, -0.15) is 0 Å². The maximum absolute atomic E-state index is 12.4. The molecule has 1 amide bonds. The number of nitrogens with zero attached hydrogens (tertiary/aromatic N) is 1. The van der Waals surface area contributed by atoms with Crippen LogP contribution in [0.25, 0.3) is 0 Å². The summed E-state index contributed by atoms with van der Waals surface area (Å²) in [6.45, 7) is 8.45. The number of rotatable bonds is 2. The molecular weight excluding hydrogens is 238 g/mol. The van der Waals surface area contributed by atoms with Crippen molar-refractivity contribution in [3.05, 3.63) is 34.9 Å². The average Bonchev–Trinajstić information content (AvgIpc) is 2.58. The molecule has 1 aliphatic heterocycles. The van der Waals surface area contributed by atoms with Gasteiger partial charge in [-0.05, 0) is 38.3 Å².